The molecule has 0 bridgehead atoms. The minimum absolute atomic E-state index is 0.0670. The predicted octanol–water partition coefficient (Wildman–Crippen LogP) is 0.00790. The molecule has 0 unspecified atom stereocenters. The minimum atomic E-state index is -0.973. The Morgan fingerprint density at radius 3 is 2.75 bits per heavy atom. The van der Waals surface area contributed by atoms with Crippen LogP contribution in [-0.4, -0.2) is 48.2 Å². The average molecular weight is 229 g/mol. The molecular weight excluding hydrogens is 210 g/mol. The van der Waals surface area contributed by atoms with Crippen molar-refractivity contribution in [3.8, 4) is 0 Å². The van der Waals surface area contributed by atoms with E-state index in [2.05, 4.69) is 5.16 Å². The summed E-state index contributed by atoms with van der Waals surface area (Å²) in [4.78, 5) is 13.9. The summed E-state index contributed by atoms with van der Waals surface area (Å²) >= 11 is 0. The Balaban J connectivity index is 2.75. The molecule has 92 valence electrons. The van der Waals surface area contributed by atoms with Gasteiger partial charge in [-0.25, -0.2) is 0 Å². The first-order valence-corrected chi connectivity index (χ1v) is 5.35. The Morgan fingerprint density at radius 2 is 2.12 bits per heavy atom. The van der Waals surface area contributed by atoms with Crippen molar-refractivity contribution in [2.24, 2.45) is 16.3 Å². The maximum absolute atomic E-state index is 12.2. The van der Waals surface area contributed by atoms with Gasteiger partial charge in [-0.15, -0.1) is 0 Å². The summed E-state index contributed by atoms with van der Waals surface area (Å²) in [7, 11) is 0. The van der Waals surface area contributed by atoms with Gasteiger partial charge in [0.25, 0.3) is 0 Å². The number of hydrogen-bond acceptors (Lipinski definition) is 4. The monoisotopic (exact) mass is 229 g/mol. The Hall–Kier alpha value is -1.30. The second-order valence-electron chi connectivity index (χ2n) is 4.37. The van der Waals surface area contributed by atoms with Crippen molar-refractivity contribution in [1.29, 1.82) is 0 Å². The molecule has 0 spiro atoms. The third-order valence-electron chi connectivity index (χ3n) is 2.79. The van der Waals surface area contributed by atoms with Gasteiger partial charge >= 0.3 is 0 Å². The Kier molecular flexibility index (Phi) is 4.12. The van der Waals surface area contributed by atoms with Crippen LogP contribution in [0.15, 0.2) is 5.16 Å². The number of ether oxygens (including phenoxy) is 1. The Morgan fingerprint density at radius 1 is 1.44 bits per heavy atom. The average Bonchev–Trinajstić information content (AvgIpc) is 2.55. The molecule has 6 heteroatoms. The van der Waals surface area contributed by atoms with E-state index in [0.717, 1.165) is 6.42 Å². The lowest BCUT2D eigenvalue weighted by Crippen LogP contribution is -2.48. The van der Waals surface area contributed by atoms with E-state index in [4.69, 9.17) is 15.7 Å². The van der Waals surface area contributed by atoms with Crippen LogP contribution in [-0.2, 0) is 9.53 Å². The molecule has 0 radical (unpaired) electrons. The Bertz CT molecular complexity index is 281. The number of carbonyl (C=O) groups excluding carboxylic acids is 1. The lowest BCUT2D eigenvalue weighted by molar-refractivity contribution is -0.137. The molecule has 3 N–H and O–H groups in total. The van der Waals surface area contributed by atoms with Gasteiger partial charge in [-0.1, -0.05) is 5.16 Å². The molecule has 1 rings (SSSR count). The first-order chi connectivity index (χ1) is 7.50. The molecule has 0 atom stereocenters. The number of nitrogens with zero attached hydrogens (tertiary/aromatic N) is 2. The van der Waals surface area contributed by atoms with E-state index in [1.807, 2.05) is 0 Å². The lowest BCUT2D eigenvalue weighted by Gasteiger charge is -2.29. The van der Waals surface area contributed by atoms with Crippen LogP contribution in [0.2, 0.25) is 0 Å². The number of oxime groups is 1. The fourth-order valence-corrected chi connectivity index (χ4v) is 1.58. The van der Waals surface area contributed by atoms with Crippen molar-refractivity contribution < 1.29 is 14.7 Å². The highest BCUT2D eigenvalue weighted by Crippen LogP contribution is 2.20. The largest absolute Gasteiger partial charge is 0.409 e. The molecule has 1 saturated heterocycles. The molecule has 1 aliphatic heterocycles. The number of hydrogen-bond donors (Lipinski definition) is 2. The zero-order valence-corrected chi connectivity index (χ0v) is 9.77. The van der Waals surface area contributed by atoms with Crippen LogP contribution >= 0.6 is 0 Å². The van der Waals surface area contributed by atoms with Gasteiger partial charge in [0.1, 0.15) is 5.41 Å². The van der Waals surface area contributed by atoms with Gasteiger partial charge in [0, 0.05) is 19.7 Å². The van der Waals surface area contributed by atoms with Crippen molar-refractivity contribution in [3.05, 3.63) is 0 Å². The van der Waals surface area contributed by atoms with Gasteiger partial charge in [-0.2, -0.15) is 0 Å². The summed E-state index contributed by atoms with van der Waals surface area (Å²) in [6, 6.07) is 0. The second-order valence-corrected chi connectivity index (χ2v) is 4.37. The van der Waals surface area contributed by atoms with Crippen LogP contribution in [0.25, 0.3) is 0 Å². The highest BCUT2D eigenvalue weighted by molar-refractivity contribution is 6.05. The summed E-state index contributed by atoms with van der Waals surface area (Å²) < 4.78 is 5.27. The SMILES string of the molecule is CC(C)(C(=O)N1CCCOCC1)C(N)=NO. The van der Waals surface area contributed by atoms with Gasteiger partial charge in [0.15, 0.2) is 5.84 Å². The molecule has 0 aromatic heterocycles. The number of amidine groups is 1. The van der Waals surface area contributed by atoms with E-state index in [0.29, 0.717) is 26.3 Å². The van der Waals surface area contributed by atoms with E-state index >= 15 is 0 Å². The van der Waals surface area contributed by atoms with Crippen molar-refractivity contribution in [2.45, 2.75) is 20.3 Å². The van der Waals surface area contributed by atoms with Gasteiger partial charge in [-0.05, 0) is 20.3 Å². The van der Waals surface area contributed by atoms with E-state index in [-0.39, 0.29) is 11.7 Å². The van der Waals surface area contributed by atoms with Gasteiger partial charge in [0.2, 0.25) is 5.91 Å². The minimum Gasteiger partial charge on any atom is -0.409 e. The molecule has 6 nitrogen and oxygen atoms in total. The Labute approximate surface area is 95.0 Å². The molecule has 1 fully saturated rings. The molecule has 1 amide bonds. The summed E-state index contributed by atoms with van der Waals surface area (Å²) in [5, 5.41) is 11.6. The van der Waals surface area contributed by atoms with E-state index in [9.17, 15) is 4.79 Å². The number of rotatable bonds is 2. The zero-order chi connectivity index (χ0) is 12.2. The van der Waals surface area contributed by atoms with Crippen molar-refractivity contribution >= 4 is 11.7 Å². The van der Waals surface area contributed by atoms with E-state index in [1.165, 1.54) is 0 Å². The number of nitrogens with two attached hydrogens (primary N) is 1. The predicted molar refractivity (Wildman–Crippen MR) is 59.2 cm³/mol. The maximum atomic E-state index is 12.2. The van der Waals surface area contributed by atoms with Crippen LogP contribution in [0, 0.1) is 5.41 Å². The lowest BCUT2D eigenvalue weighted by atomic mass is 9.90. The van der Waals surface area contributed by atoms with Gasteiger partial charge in [-0.3, -0.25) is 4.79 Å². The smallest absolute Gasteiger partial charge is 0.236 e. The van der Waals surface area contributed by atoms with Crippen molar-refractivity contribution in [1.82, 2.24) is 4.90 Å². The standard InChI is InChI=1S/C10H19N3O3/c1-10(2,8(11)12-15)9(14)13-4-3-6-16-7-5-13/h15H,3-7H2,1-2H3,(H2,11,12). The number of carbonyl (C=O) groups is 1. The molecule has 0 saturated carbocycles. The molecular formula is C10H19N3O3. The maximum Gasteiger partial charge on any atom is 0.236 e. The third kappa shape index (κ3) is 2.63. The van der Waals surface area contributed by atoms with E-state index in [1.54, 1.807) is 18.7 Å². The van der Waals surface area contributed by atoms with Crippen LogP contribution < -0.4 is 5.73 Å². The molecule has 0 aromatic carbocycles. The summed E-state index contributed by atoms with van der Waals surface area (Å²) in [5.74, 6) is -0.198. The summed E-state index contributed by atoms with van der Waals surface area (Å²) in [6.45, 7) is 5.72. The normalized spacial score (nSPS) is 19.4. The second kappa shape index (κ2) is 5.16. The van der Waals surface area contributed by atoms with Gasteiger partial charge in [0.05, 0.1) is 6.61 Å². The zero-order valence-electron chi connectivity index (χ0n) is 9.77. The topological polar surface area (TPSA) is 88.2 Å². The summed E-state index contributed by atoms with van der Waals surface area (Å²) in [6.07, 6.45) is 0.817. The number of amides is 1. The van der Waals surface area contributed by atoms with E-state index < -0.39 is 5.41 Å². The fraction of sp³-hybridized carbons (Fsp3) is 0.800. The van der Waals surface area contributed by atoms with Crippen LogP contribution in [0.3, 0.4) is 0 Å². The summed E-state index contributed by atoms with van der Waals surface area (Å²) in [5.41, 5.74) is 4.55. The van der Waals surface area contributed by atoms with Gasteiger partial charge < -0.3 is 20.6 Å². The molecule has 0 aliphatic carbocycles. The quantitative estimate of drug-likeness (QED) is 0.302. The molecule has 1 aliphatic rings. The first-order valence-electron chi connectivity index (χ1n) is 5.35. The van der Waals surface area contributed by atoms with Crippen LogP contribution in [0.1, 0.15) is 20.3 Å². The molecule has 16 heavy (non-hydrogen) atoms. The first kappa shape index (κ1) is 12.8. The van der Waals surface area contributed by atoms with Crippen LogP contribution in [0.5, 0.6) is 0 Å². The van der Waals surface area contributed by atoms with Crippen LogP contribution in [0.4, 0.5) is 0 Å². The molecule has 0 aromatic rings. The fourth-order valence-electron chi connectivity index (χ4n) is 1.58. The third-order valence-corrected chi connectivity index (χ3v) is 2.79. The highest BCUT2D eigenvalue weighted by atomic mass is 16.5. The highest BCUT2D eigenvalue weighted by Gasteiger charge is 2.36. The van der Waals surface area contributed by atoms with Crippen molar-refractivity contribution in [2.75, 3.05) is 26.3 Å². The molecule has 1 heterocycles. The van der Waals surface area contributed by atoms with Crippen molar-refractivity contribution in [3.63, 3.8) is 0 Å².